The van der Waals surface area contributed by atoms with E-state index in [2.05, 4.69) is 52.5 Å². The van der Waals surface area contributed by atoms with Crippen LogP contribution in [0.25, 0.3) is 0 Å². The van der Waals surface area contributed by atoms with E-state index >= 15 is 0 Å². The molecule has 0 amide bonds. The van der Waals surface area contributed by atoms with Crippen LogP contribution in [0.2, 0.25) is 0 Å². The molecule has 1 unspecified atom stereocenters. The van der Waals surface area contributed by atoms with Crippen LogP contribution in [0.5, 0.6) is 11.5 Å². The van der Waals surface area contributed by atoms with Crippen molar-refractivity contribution in [2.75, 3.05) is 14.2 Å². The zero-order valence-electron chi connectivity index (χ0n) is 15.5. The summed E-state index contributed by atoms with van der Waals surface area (Å²) in [4.78, 5) is 7.45. The predicted octanol–water partition coefficient (Wildman–Crippen LogP) is 3.81. The first-order valence-corrected chi connectivity index (χ1v) is 8.69. The Hall–Kier alpha value is -2.79. The first kappa shape index (κ1) is 18.0. The number of rotatable bonds is 8. The van der Waals surface area contributed by atoms with Crippen molar-refractivity contribution < 1.29 is 9.47 Å². The molecule has 0 bridgehead atoms. The number of methoxy groups -OCH3 is 2. The Kier molecular flexibility index (Phi) is 5.92. The van der Waals surface area contributed by atoms with Crippen molar-refractivity contribution in [1.29, 1.82) is 0 Å². The number of H-pyrrole nitrogens is 1. The zero-order chi connectivity index (χ0) is 18.4. The second-order valence-corrected chi connectivity index (χ2v) is 6.21. The van der Waals surface area contributed by atoms with Gasteiger partial charge < -0.3 is 19.8 Å². The summed E-state index contributed by atoms with van der Waals surface area (Å²) in [7, 11) is 3.31. The molecule has 0 fully saturated rings. The fourth-order valence-electron chi connectivity index (χ4n) is 3.05. The molecular weight excluding hydrogens is 326 g/mol. The quantitative estimate of drug-likeness (QED) is 0.648. The van der Waals surface area contributed by atoms with Crippen LogP contribution in [-0.2, 0) is 13.0 Å². The minimum absolute atomic E-state index is 0.126. The average Bonchev–Trinajstić information content (AvgIpc) is 3.19. The van der Waals surface area contributed by atoms with E-state index in [1.54, 1.807) is 20.4 Å². The lowest BCUT2D eigenvalue weighted by molar-refractivity contribution is 0.353. The molecule has 3 rings (SSSR count). The Morgan fingerprint density at radius 3 is 2.58 bits per heavy atom. The van der Waals surface area contributed by atoms with Gasteiger partial charge >= 0.3 is 0 Å². The Morgan fingerprint density at radius 2 is 1.88 bits per heavy atom. The second kappa shape index (κ2) is 8.54. The van der Waals surface area contributed by atoms with Crippen molar-refractivity contribution in [2.24, 2.45) is 0 Å². The third-order valence-electron chi connectivity index (χ3n) is 4.57. The molecule has 26 heavy (non-hydrogen) atoms. The largest absolute Gasteiger partial charge is 0.493 e. The maximum atomic E-state index is 5.48. The summed E-state index contributed by atoms with van der Waals surface area (Å²) < 4.78 is 10.8. The Morgan fingerprint density at radius 1 is 1.08 bits per heavy atom. The lowest BCUT2D eigenvalue weighted by Crippen LogP contribution is -2.24. The number of aromatic amines is 1. The van der Waals surface area contributed by atoms with Crippen LogP contribution in [0.4, 0.5) is 0 Å². The zero-order valence-corrected chi connectivity index (χ0v) is 15.5. The number of aromatic nitrogens is 2. The van der Waals surface area contributed by atoms with E-state index in [9.17, 15) is 0 Å². The van der Waals surface area contributed by atoms with Crippen LogP contribution in [0, 0.1) is 6.92 Å². The summed E-state index contributed by atoms with van der Waals surface area (Å²) in [5.74, 6) is 2.39. The topological polar surface area (TPSA) is 59.2 Å². The van der Waals surface area contributed by atoms with Crippen LogP contribution >= 0.6 is 0 Å². The van der Waals surface area contributed by atoms with Gasteiger partial charge in [0.15, 0.2) is 11.5 Å². The van der Waals surface area contributed by atoms with E-state index in [1.807, 2.05) is 18.3 Å². The van der Waals surface area contributed by atoms with E-state index < -0.39 is 0 Å². The Labute approximate surface area is 154 Å². The molecule has 136 valence electrons. The van der Waals surface area contributed by atoms with E-state index in [0.29, 0.717) is 6.54 Å². The molecule has 0 saturated heterocycles. The third-order valence-corrected chi connectivity index (χ3v) is 4.57. The molecule has 3 aromatic rings. The van der Waals surface area contributed by atoms with Crippen LogP contribution in [-0.4, -0.2) is 24.2 Å². The van der Waals surface area contributed by atoms with E-state index in [-0.39, 0.29) is 6.04 Å². The van der Waals surface area contributed by atoms with Gasteiger partial charge in [0.05, 0.1) is 20.8 Å². The molecule has 5 heteroatoms. The van der Waals surface area contributed by atoms with Gasteiger partial charge in [-0.15, -0.1) is 0 Å². The highest BCUT2D eigenvalue weighted by molar-refractivity contribution is 5.44. The monoisotopic (exact) mass is 351 g/mol. The van der Waals surface area contributed by atoms with Gasteiger partial charge in [-0.25, -0.2) is 4.98 Å². The molecule has 2 aromatic carbocycles. The molecule has 0 spiro atoms. The third kappa shape index (κ3) is 4.24. The summed E-state index contributed by atoms with van der Waals surface area (Å²) in [6.45, 7) is 2.81. The molecule has 1 atom stereocenters. The predicted molar refractivity (Wildman–Crippen MR) is 103 cm³/mol. The number of nitrogens with zero attached hydrogens (tertiary/aromatic N) is 1. The number of benzene rings is 2. The minimum Gasteiger partial charge on any atom is -0.493 e. The second-order valence-electron chi connectivity index (χ2n) is 6.21. The highest BCUT2D eigenvalue weighted by atomic mass is 16.5. The van der Waals surface area contributed by atoms with Gasteiger partial charge in [0.25, 0.3) is 0 Å². The molecule has 0 saturated carbocycles. The number of nitrogens with one attached hydrogen (secondary N) is 2. The van der Waals surface area contributed by atoms with Gasteiger partial charge in [-0.3, -0.25) is 0 Å². The molecule has 5 nitrogen and oxygen atoms in total. The first-order chi connectivity index (χ1) is 12.7. The van der Waals surface area contributed by atoms with Gasteiger partial charge in [-0.2, -0.15) is 0 Å². The SMILES string of the molecule is COc1ccc(C(Cc2ccccc2C)NCc2ncc[nH]2)cc1OC. The van der Waals surface area contributed by atoms with E-state index in [0.717, 1.165) is 29.3 Å². The van der Waals surface area contributed by atoms with Gasteiger partial charge in [-0.1, -0.05) is 30.3 Å². The van der Waals surface area contributed by atoms with Gasteiger partial charge in [-0.05, 0) is 42.2 Å². The lowest BCUT2D eigenvalue weighted by atomic mass is 9.95. The number of aryl methyl sites for hydroxylation is 1. The van der Waals surface area contributed by atoms with Crippen molar-refractivity contribution in [1.82, 2.24) is 15.3 Å². The standard InChI is InChI=1S/C21H25N3O2/c1-15-6-4-5-7-16(15)12-18(24-14-21-22-10-11-23-21)17-8-9-19(25-2)20(13-17)26-3/h4-11,13,18,24H,12,14H2,1-3H3,(H,22,23). The molecule has 1 aromatic heterocycles. The van der Waals surface area contributed by atoms with Crippen molar-refractivity contribution in [3.8, 4) is 11.5 Å². The molecular formula is C21H25N3O2. The summed E-state index contributed by atoms with van der Waals surface area (Å²) in [6.07, 6.45) is 4.48. The van der Waals surface area contributed by atoms with Crippen molar-refractivity contribution in [3.63, 3.8) is 0 Å². The number of ether oxygens (including phenoxy) is 2. The first-order valence-electron chi connectivity index (χ1n) is 8.69. The molecule has 0 radical (unpaired) electrons. The summed E-state index contributed by atoms with van der Waals surface area (Å²) in [5, 5.41) is 3.61. The summed E-state index contributed by atoms with van der Waals surface area (Å²) in [5.41, 5.74) is 3.76. The smallest absolute Gasteiger partial charge is 0.161 e. The minimum atomic E-state index is 0.126. The van der Waals surface area contributed by atoms with Crippen LogP contribution in [0.1, 0.15) is 28.6 Å². The molecule has 0 aliphatic carbocycles. The fourth-order valence-corrected chi connectivity index (χ4v) is 3.05. The Bertz CT molecular complexity index is 831. The highest BCUT2D eigenvalue weighted by Crippen LogP contribution is 2.31. The lowest BCUT2D eigenvalue weighted by Gasteiger charge is -2.21. The van der Waals surface area contributed by atoms with Crippen molar-refractivity contribution >= 4 is 0 Å². The van der Waals surface area contributed by atoms with Crippen LogP contribution in [0.3, 0.4) is 0 Å². The molecule has 0 aliphatic rings. The normalized spacial score (nSPS) is 12.0. The highest BCUT2D eigenvalue weighted by Gasteiger charge is 2.16. The summed E-state index contributed by atoms with van der Waals surface area (Å²) >= 11 is 0. The molecule has 0 aliphatic heterocycles. The fraction of sp³-hybridized carbons (Fsp3) is 0.286. The maximum Gasteiger partial charge on any atom is 0.161 e. The summed E-state index contributed by atoms with van der Waals surface area (Å²) in [6, 6.07) is 14.7. The molecule has 1 heterocycles. The van der Waals surface area contributed by atoms with Crippen LogP contribution in [0.15, 0.2) is 54.9 Å². The van der Waals surface area contributed by atoms with E-state index in [1.165, 1.54) is 11.1 Å². The molecule has 2 N–H and O–H groups in total. The van der Waals surface area contributed by atoms with Crippen molar-refractivity contribution in [2.45, 2.75) is 25.9 Å². The number of hydrogen-bond acceptors (Lipinski definition) is 4. The Balaban J connectivity index is 1.87. The van der Waals surface area contributed by atoms with Gasteiger partial charge in [0.1, 0.15) is 5.82 Å². The van der Waals surface area contributed by atoms with E-state index in [4.69, 9.17) is 9.47 Å². The van der Waals surface area contributed by atoms with Crippen LogP contribution < -0.4 is 14.8 Å². The average molecular weight is 351 g/mol. The maximum absolute atomic E-state index is 5.48. The number of imidazole rings is 1. The van der Waals surface area contributed by atoms with Gasteiger partial charge in [0, 0.05) is 18.4 Å². The van der Waals surface area contributed by atoms with Crippen molar-refractivity contribution in [3.05, 3.63) is 77.4 Å². The van der Waals surface area contributed by atoms with Gasteiger partial charge in [0.2, 0.25) is 0 Å². The number of hydrogen-bond donors (Lipinski definition) is 2.